The zero-order valence-corrected chi connectivity index (χ0v) is 20.1. The SMILES string of the molecule is CCN(CC)CCN(C(=O)CS(=O)(=O)c1ccccc1)c1nc2c(F)cc(F)cc2s1.Cl. The van der Waals surface area contributed by atoms with Crippen molar-refractivity contribution >= 4 is 54.8 Å². The fourth-order valence-electron chi connectivity index (χ4n) is 3.12. The van der Waals surface area contributed by atoms with Crippen LogP contribution in [-0.4, -0.2) is 56.1 Å². The highest BCUT2D eigenvalue weighted by atomic mass is 35.5. The molecule has 1 aromatic heterocycles. The molecule has 3 rings (SSSR count). The minimum atomic E-state index is -3.87. The molecule has 3 aromatic rings. The first kappa shape index (κ1) is 26.1. The Morgan fingerprint density at radius 1 is 1.06 bits per heavy atom. The molecule has 0 unspecified atom stereocenters. The van der Waals surface area contributed by atoms with Gasteiger partial charge in [-0.05, 0) is 31.3 Å². The Hall–Kier alpha value is -2.14. The van der Waals surface area contributed by atoms with Gasteiger partial charge in [-0.15, -0.1) is 12.4 Å². The van der Waals surface area contributed by atoms with Crippen molar-refractivity contribution in [2.45, 2.75) is 18.7 Å². The van der Waals surface area contributed by atoms with Crippen LogP contribution in [0.3, 0.4) is 0 Å². The third-order valence-electron chi connectivity index (χ3n) is 4.88. The van der Waals surface area contributed by atoms with Crippen LogP contribution in [0.5, 0.6) is 0 Å². The topological polar surface area (TPSA) is 70.6 Å². The quantitative estimate of drug-likeness (QED) is 0.439. The summed E-state index contributed by atoms with van der Waals surface area (Å²) in [6.07, 6.45) is 0. The van der Waals surface area contributed by atoms with E-state index >= 15 is 0 Å². The largest absolute Gasteiger partial charge is 0.302 e. The van der Waals surface area contributed by atoms with Gasteiger partial charge in [0.2, 0.25) is 5.91 Å². The van der Waals surface area contributed by atoms with E-state index in [1.54, 1.807) is 18.2 Å². The van der Waals surface area contributed by atoms with Crippen LogP contribution in [0.15, 0.2) is 47.4 Å². The number of anilines is 1. The molecule has 0 fully saturated rings. The fourth-order valence-corrected chi connectivity index (χ4v) is 5.39. The van der Waals surface area contributed by atoms with Gasteiger partial charge < -0.3 is 4.90 Å². The van der Waals surface area contributed by atoms with Crippen molar-refractivity contribution in [2.24, 2.45) is 0 Å². The van der Waals surface area contributed by atoms with Gasteiger partial charge in [-0.2, -0.15) is 0 Å². The maximum absolute atomic E-state index is 14.1. The average Bonchev–Trinajstić information content (AvgIpc) is 3.15. The van der Waals surface area contributed by atoms with Crippen molar-refractivity contribution in [2.75, 3.05) is 36.8 Å². The summed E-state index contributed by atoms with van der Waals surface area (Å²) in [4.78, 5) is 20.6. The fraction of sp³-hybridized carbons (Fsp3) is 0.333. The molecule has 0 atom stereocenters. The van der Waals surface area contributed by atoms with E-state index in [-0.39, 0.29) is 39.2 Å². The number of likely N-dealkylation sites (N-methyl/N-ethyl adjacent to an activating group) is 1. The third kappa shape index (κ3) is 6.00. The van der Waals surface area contributed by atoms with E-state index in [1.807, 2.05) is 13.8 Å². The number of amides is 1. The molecular weight excluding hydrogens is 480 g/mol. The summed E-state index contributed by atoms with van der Waals surface area (Å²) in [6.45, 7) is 6.11. The molecule has 2 aromatic carbocycles. The Balaban J connectivity index is 0.00000363. The zero-order chi connectivity index (χ0) is 22.6. The van der Waals surface area contributed by atoms with Crippen LogP contribution in [0.4, 0.5) is 13.9 Å². The predicted octanol–water partition coefficient (Wildman–Crippen LogP) is 4.15. The number of aromatic nitrogens is 1. The van der Waals surface area contributed by atoms with Gasteiger partial charge in [-0.1, -0.05) is 43.4 Å². The molecule has 6 nitrogen and oxygen atoms in total. The lowest BCUT2D eigenvalue weighted by Crippen LogP contribution is -2.41. The van der Waals surface area contributed by atoms with Crippen LogP contribution in [0.25, 0.3) is 10.2 Å². The van der Waals surface area contributed by atoms with E-state index in [2.05, 4.69) is 9.88 Å². The van der Waals surface area contributed by atoms with E-state index in [4.69, 9.17) is 0 Å². The Morgan fingerprint density at radius 2 is 1.72 bits per heavy atom. The molecule has 1 amide bonds. The van der Waals surface area contributed by atoms with Gasteiger partial charge in [0.1, 0.15) is 17.1 Å². The number of nitrogens with zero attached hydrogens (tertiary/aromatic N) is 3. The molecule has 0 radical (unpaired) electrons. The minimum Gasteiger partial charge on any atom is -0.302 e. The number of rotatable bonds is 9. The molecule has 0 aliphatic heterocycles. The molecule has 0 aliphatic carbocycles. The van der Waals surface area contributed by atoms with E-state index in [1.165, 1.54) is 17.0 Å². The van der Waals surface area contributed by atoms with E-state index in [0.29, 0.717) is 6.54 Å². The van der Waals surface area contributed by atoms with Crippen molar-refractivity contribution in [3.8, 4) is 0 Å². The number of benzene rings is 2. The second-order valence-corrected chi connectivity index (χ2v) is 9.87. The number of carbonyl (C=O) groups excluding carboxylic acids is 1. The maximum atomic E-state index is 14.1. The van der Waals surface area contributed by atoms with Gasteiger partial charge in [0.05, 0.1) is 9.60 Å². The van der Waals surface area contributed by atoms with Gasteiger partial charge in [-0.3, -0.25) is 9.69 Å². The summed E-state index contributed by atoms with van der Waals surface area (Å²) in [6, 6.07) is 9.59. The summed E-state index contributed by atoms with van der Waals surface area (Å²) >= 11 is 0.951. The van der Waals surface area contributed by atoms with Crippen molar-refractivity contribution in [1.29, 1.82) is 0 Å². The number of hydrogen-bond acceptors (Lipinski definition) is 6. The zero-order valence-electron chi connectivity index (χ0n) is 17.6. The Labute approximate surface area is 196 Å². The van der Waals surface area contributed by atoms with Crippen molar-refractivity contribution in [1.82, 2.24) is 9.88 Å². The number of sulfone groups is 1. The van der Waals surface area contributed by atoms with Crippen LogP contribution < -0.4 is 4.90 Å². The van der Waals surface area contributed by atoms with E-state index in [9.17, 15) is 22.0 Å². The lowest BCUT2D eigenvalue weighted by Gasteiger charge is -2.24. The second-order valence-electron chi connectivity index (χ2n) is 6.88. The first-order valence-corrected chi connectivity index (χ1v) is 12.3. The van der Waals surface area contributed by atoms with Crippen LogP contribution in [0.1, 0.15) is 13.8 Å². The number of fused-ring (bicyclic) bond motifs is 1. The van der Waals surface area contributed by atoms with E-state index < -0.39 is 33.1 Å². The van der Waals surface area contributed by atoms with Crippen LogP contribution in [-0.2, 0) is 14.6 Å². The minimum absolute atomic E-state index is 0. The number of thiazole rings is 1. The van der Waals surface area contributed by atoms with Gasteiger partial charge >= 0.3 is 0 Å². The first-order chi connectivity index (χ1) is 14.7. The summed E-state index contributed by atoms with van der Waals surface area (Å²) in [7, 11) is -3.87. The Kier molecular flexibility index (Phi) is 9.08. The third-order valence-corrected chi connectivity index (χ3v) is 7.53. The van der Waals surface area contributed by atoms with Crippen LogP contribution in [0.2, 0.25) is 0 Å². The second kappa shape index (κ2) is 11.1. The van der Waals surface area contributed by atoms with Gasteiger partial charge in [0.15, 0.2) is 20.8 Å². The molecule has 32 heavy (non-hydrogen) atoms. The normalized spacial score (nSPS) is 11.5. The van der Waals surface area contributed by atoms with Gasteiger partial charge in [0, 0.05) is 19.2 Å². The number of halogens is 3. The molecule has 1 heterocycles. The van der Waals surface area contributed by atoms with Crippen molar-refractivity contribution in [3.05, 3.63) is 54.1 Å². The maximum Gasteiger partial charge on any atom is 0.244 e. The summed E-state index contributed by atoms with van der Waals surface area (Å²) < 4.78 is 53.4. The molecule has 0 bridgehead atoms. The summed E-state index contributed by atoms with van der Waals surface area (Å²) in [5.74, 6) is -2.99. The molecular formula is C21H24ClF2N3O3S2. The number of hydrogen-bond donors (Lipinski definition) is 0. The highest BCUT2D eigenvalue weighted by Crippen LogP contribution is 2.31. The summed E-state index contributed by atoms with van der Waals surface area (Å²) in [5.41, 5.74) is -0.0482. The van der Waals surface area contributed by atoms with Crippen LogP contribution in [0, 0.1) is 11.6 Å². The van der Waals surface area contributed by atoms with Gasteiger partial charge in [0.25, 0.3) is 0 Å². The van der Waals surface area contributed by atoms with Crippen LogP contribution >= 0.6 is 23.7 Å². The van der Waals surface area contributed by atoms with Gasteiger partial charge in [-0.25, -0.2) is 22.2 Å². The standard InChI is InChI=1S/C21H23F2N3O3S2.ClH/c1-3-25(4-2)10-11-26(19(27)14-31(28,29)16-8-6-5-7-9-16)21-24-20-17(23)12-15(22)13-18(20)30-21;/h5-9,12-13H,3-4,10-11,14H2,1-2H3;1H. The van der Waals surface area contributed by atoms with Crippen molar-refractivity contribution < 1.29 is 22.0 Å². The molecule has 0 N–H and O–H groups in total. The monoisotopic (exact) mass is 503 g/mol. The molecule has 0 aliphatic rings. The first-order valence-electron chi connectivity index (χ1n) is 9.81. The molecule has 0 saturated heterocycles. The highest BCUT2D eigenvalue weighted by Gasteiger charge is 2.27. The molecule has 0 spiro atoms. The Bertz CT molecular complexity index is 1170. The smallest absolute Gasteiger partial charge is 0.244 e. The lowest BCUT2D eigenvalue weighted by atomic mass is 10.3. The molecule has 0 saturated carbocycles. The number of carbonyl (C=O) groups is 1. The molecule has 174 valence electrons. The highest BCUT2D eigenvalue weighted by molar-refractivity contribution is 7.92. The lowest BCUT2D eigenvalue weighted by molar-refractivity contribution is -0.116. The molecule has 11 heteroatoms. The Morgan fingerprint density at radius 3 is 2.34 bits per heavy atom. The average molecular weight is 504 g/mol. The predicted molar refractivity (Wildman–Crippen MR) is 125 cm³/mol. The summed E-state index contributed by atoms with van der Waals surface area (Å²) in [5, 5.41) is 0.139. The van der Waals surface area contributed by atoms with Crippen molar-refractivity contribution in [3.63, 3.8) is 0 Å². The van der Waals surface area contributed by atoms with E-state index in [0.717, 1.165) is 36.6 Å².